The van der Waals surface area contributed by atoms with Crippen LogP contribution in [-0.4, -0.2) is 36.4 Å². The van der Waals surface area contributed by atoms with Gasteiger partial charge in [-0.05, 0) is 74.8 Å². The van der Waals surface area contributed by atoms with Crippen LogP contribution in [0.5, 0.6) is 0 Å². The Morgan fingerprint density at radius 2 is 2.03 bits per heavy atom. The van der Waals surface area contributed by atoms with Gasteiger partial charge in [-0.2, -0.15) is 0 Å². The first-order valence-electron chi connectivity index (χ1n) is 11.0. The summed E-state index contributed by atoms with van der Waals surface area (Å²) in [5, 5.41) is 8.36. The van der Waals surface area contributed by atoms with Gasteiger partial charge in [0.15, 0.2) is 0 Å². The van der Waals surface area contributed by atoms with Gasteiger partial charge in [0.05, 0.1) is 10.9 Å². The number of hydrogen-bond acceptors (Lipinski definition) is 5. The highest BCUT2D eigenvalue weighted by Crippen LogP contribution is 2.50. The van der Waals surface area contributed by atoms with Crippen LogP contribution in [0.15, 0.2) is 30.5 Å². The third kappa shape index (κ3) is 3.58. The van der Waals surface area contributed by atoms with E-state index >= 15 is 0 Å². The maximum absolute atomic E-state index is 11.9. The predicted octanol–water partition coefficient (Wildman–Crippen LogP) is 3.52. The molecule has 2 aliphatic carbocycles. The number of aldehydes is 1. The van der Waals surface area contributed by atoms with E-state index < -0.39 is 0 Å². The monoisotopic (exact) mass is 390 g/mol. The lowest BCUT2D eigenvalue weighted by Gasteiger charge is -2.30. The maximum Gasteiger partial charge on any atom is 0.130 e. The summed E-state index contributed by atoms with van der Waals surface area (Å²) in [6.45, 7) is 1.94. The summed E-state index contributed by atoms with van der Waals surface area (Å²) in [6, 6.07) is 7.32. The summed E-state index contributed by atoms with van der Waals surface area (Å²) in [7, 11) is 0. The van der Waals surface area contributed by atoms with Gasteiger partial charge < -0.3 is 21.2 Å². The first-order valence-corrected chi connectivity index (χ1v) is 11.0. The second kappa shape index (κ2) is 7.54. The average molecular weight is 391 g/mol. The van der Waals surface area contributed by atoms with Gasteiger partial charge in [0, 0.05) is 41.5 Å². The van der Waals surface area contributed by atoms with Crippen LogP contribution >= 0.6 is 0 Å². The van der Waals surface area contributed by atoms with E-state index in [1.165, 1.54) is 11.1 Å². The Balaban J connectivity index is 1.59. The van der Waals surface area contributed by atoms with Crippen molar-refractivity contribution in [1.82, 2.24) is 10.3 Å². The molecule has 3 aliphatic rings. The number of hydrogen-bond donors (Lipinski definition) is 3. The van der Waals surface area contributed by atoms with Crippen molar-refractivity contribution in [3.8, 4) is 0 Å². The summed E-state index contributed by atoms with van der Waals surface area (Å²) in [4.78, 5) is 16.7. The number of fused-ring (bicyclic) bond motifs is 1. The van der Waals surface area contributed by atoms with Crippen LogP contribution in [0.3, 0.4) is 0 Å². The van der Waals surface area contributed by atoms with Crippen LogP contribution in [0.4, 0.5) is 5.69 Å². The molecule has 29 heavy (non-hydrogen) atoms. The van der Waals surface area contributed by atoms with Gasteiger partial charge in [0.1, 0.15) is 6.29 Å². The van der Waals surface area contributed by atoms with Crippen molar-refractivity contribution >= 4 is 28.4 Å². The van der Waals surface area contributed by atoms with Crippen LogP contribution in [0, 0.1) is 0 Å². The van der Waals surface area contributed by atoms with Crippen molar-refractivity contribution in [3.05, 3.63) is 41.6 Å². The fourth-order valence-electron chi connectivity index (χ4n) is 4.86. The fraction of sp³-hybridized carbons (Fsp3) is 0.500. The number of benzene rings is 1. The lowest BCUT2D eigenvalue weighted by Crippen LogP contribution is -2.33. The standard InChI is InChI=1S/C24H30N4O/c25-18-2-4-19(5-3-18)28-23-20-13-17(16-7-11-26-12-8-16)1-6-22(20)27-14-21(23)24(15-29)9-10-24/h1,6-7,13-15,18-19,26H,2-5,8-12,25H2,(H,27,28). The van der Waals surface area contributed by atoms with Crippen molar-refractivity contribution in [2.45, 2.75) is 62.4 Å². The number of rotatable bonds is 5. The van der Waals surface area contributed by atoms with Gasteiger partial charge >= 0.3 is 0 Å². The van der Waals surface area contributed by atoms with E-state index in [-0.39, 0.29) is 5.41 Å². The second-order valence-corrected chi connectivity index (χ2v) is 8.99. The molecule has 2 fully saturated rings. The van der Waals surface area contributed by atoms with E-state index in [1.54, 1.807) is 0 Å². The molecule has 0 spiro atoms. The molecule has 1 aromatic carbocycles. The highest BCUT2D eigenvalue weighted by molar-refractivity contribution is 5.97. The van der Waals surface area contributed by atoms with Gasteiger partial charge in [-0.3, -0.25) is 4.98 Å². The molecule has 5 rings (SSSR count). The molecular weight excluding hydrogens is 360 g/mol. The Hall–Kier alpha value is -2.24. The van der Waals surface area contributed by atoms with Crippen LogP contribution in [0.1, 0.15) is 56.1 Å². The van der Waals surface area contributed by atoms with E-state index in [9.17, 15) is 4.79 Å². The van der Waals surface area contributed by atoms with Gasteiger partial charge in [0.25, 0.3) is 0 Å². The Kier molecular flexibility index (Phi) is 4.88. The van der Waals surface area contributed by atoms with Crippen LogP contribution < -0.4 is 16.4 Å². The normalized spacial score (nSPS) is 26.0. The smallest absolute Gasteiger partial charge is 0.130 e. The lowest BCUT2D eigenvalue weighted by molar-refractivity contribution is -0.109. The van der Waals surface area contributed by atoms with Crippen molar-refractivity contribution in [2.24, 2.45) is 5.73 Å². The molecule has 2 saturated carbocycles. The van der Waals surface area contributed by atoms with Gasteiger partial charge in [-0.1, -0.05) is 12.1 Å². The van der Waals surface area contributed by atoms with Gasteiger partial charge in [0.2, 0.25) is 0 Å². The molecule has 0 unspecified atom stereocenters. The zero-order chi connectivity index (χ0) is 19.8. The van der Waals surface area contributed by atoms with E-state index in [1.807, 2.05) is 6.20 Å². The van der Waals surface area contributed by atoms with Crippen molar-refractivity contribution in [3.63, 3.8) is 0 Å². The summed E-state index contributed by atoms with van der Waals surface area (Å²) in [5.41, 5.74) is 11.6. The molecule has 0 atom stereocenters. The van der Waals surface area contributed by atoms with E-state index in [0.29, 0.717) is 12.1 Å². The van der Waals surface area contributed by atoms with Crippen LogP contribution in [0.25, 0.3) is 16.5 Å². The Labute approximate surface area is 172 Å². The highest BCUT2D eigenvalue weighted by atomic mass is 16.1. The minimum atomic E-state index is -0.349. The zero-order valence-electron chi connectivity index (χ0n) is 16.9. The summed E-state index contributed by atoms with van der Waals surface area (Å²) in [6.07, 6.45) is 12.5. The molecule has 2 heterocycles. The lowest BCUT2D eigenvalue weighted by atomic mass is 9.89. The largest absolute Gasteiger partial charge is 0.381 e. The topological polar surface area (TPSA) is 80.0 Å². The third-order valence-electron chi connectivity index (χ3n) is 6.97. The minimum Gasteiger partial charge on any atom is -0.381 e. The quantitative estimate of drug-likeness (QED) is 0.681. The van der Waals surface area contributed by atoms with Gasteiger partial charge in [-0.15, -0.1) is 0 Å². The van der Waals surface area contributed by atoms with E-state index in [0.717, 1.165) is 86.5 Å². The van der Waals surface area contributed by atoms with Gasteiger partial charge in [-0.25, -0.2) is 0 Å². The molecule has 0 amide bonds. The van der Waals surface area contributed by atoms with Crippen molar-refractivity contribution < 1.29 is 4.79 Å². The molecule has 4 N–H and O–H groups in total. The molecule has 1 aromatic heterocycles. The number of anilines is 1. The Morgan fingerprint density at radius 1 is 1.21 bits per heavy atom. The number of aromatic nitrogens is 1. The Bertz CT molecular complexity index is 955. The number of pyridine rings is 1. The molecule has 0 bridgehead atoms. The first kappa shape index (κ1) is 18.8. The summed E-state index contributed by atoms with van der Waals surface area (Å²) >= 11 is 0. The fourth-order valence-corrected chi connectivity index (χ4v) is 4.86. The molecule has 5 nitrogen and oxygen atoms in total. The Morgan fingerprint density at radius 3 is 2.72 bits per heavy atom. The number of carbonyl (C=O) groups is 1. The second-order valence-electron chi connectivity index (χ2n) is 8.99. The third-order valence-corrected chi connectivity index (χ3v) is 6.97. The van der Waals surface area contributed by atoms with Crippen LogP contribution in [-0.2, 0) is 10.2 Å². The summed E-state index contributed by atoms with van der Waals surface area (Å²) in [5.74, 6) is 0. The van der Waals surface area contributed by atoms with Crippen molar-refractivity contribution in [2.75, 3.05) is 18.4 Å². The first-order chi connectivity index (χ1) is 14.2. The SMILES string of the molecule is NC1CCC(Nc2c(C3(C=O)CC3)cnc3ccc(C4=CCNCC4)cc23)CC1. The maximum atomic E-state index is 11.9. The predicted molar refractivity (Wildman–Crippen MR) is 118 cm³/mol. The molecular formula is C24H30N4O. The summed E-state index contributed by atoms with van der Waals surface area (Å²) < 4.78 is 0. The number of nitrogens with zero attached hydrogens (tertiary/aromatic N) is 1. The molecule has 152 valence electrons. The number of nitrogens with one attached hydrogen (secondary N) is 2. The molecule has 1 aliphatic heterocycles. The molecule has 5 heteroatoms. The van der Waals surface area contributed by atoms with E-state index in [4.69, 9.17) is 10.7 Å². The average Bonchev–Trinajstić information content (AvgIpc) is 3.57. The van der Waals surface area contributed by atoms with Crippen LogP contribution in [0.2, 0.25) is 0 Å². The van der Waals surface area contributed by atoms with E-state index in [2.05, 4.69) is 34.9 Å². The minimum absolute atomic E-state index is 0.324. The number of nitrogens with two attached hydrogens (primary N) is 1. The molecule has 0 radical (unpaired) electrons. The highest BCUT2D eigenvalue weighted by Gasteiger charge is 2.46. The van der Waals surface area contributed by atoms with Crippen molar-refractivity contribution in [1.29, 1.82) is 0 Å². The zero-order valence-corrected chi connectivity index (χ0v) is 16.9. The number of carbonyl (C=O) groups excluding carboxylic acids is 1. The molecule has 0 saturated heterocycles. The molecule has 2 aromatic rings.